The molecule has 16 heavy (non-hydrogen) atoms. The summed E-state index contributed by atoms with van der Waals surface area (Å²) in [6, 6.07) is 6.54. The van der Waals surface area contributed by atoms with Gasteiger partial charge in [0.05, 0.1) is 5.52 Å². The number of nitrogens with two attached hydrogens (primary N) is 1. The lowest BCUT2D eigenvalue weighted by Crippen LogP contribution is -2.05. The summed E-state index contributed by atoms with van der Waals surface area (Å²) in [5.41, 5.74) is 5.84. The quantitative estimate of drug-likeness (QED) is 0.779. The lowest BCUT2D eigenvalue weighted by atomic mass is 10.1. The smallest absolute Gasteiger partial charge is 0.241 e. The molecule has 0 aliphatic heterocycles. The van der Waals surface area contributed by atoms with Crippen molar-refractivity contribution in [1.82, 2.24) is 4.98 Å². The van der Waals surface area contributed by atoms with Gasteiger partial charge in [-0.2, -0.15) is 0 Å². The fourth-order valence-electron chi connectivity index (χ4n) is 1.41. The molecule has 0 unspecified atom stereocenters. The zero-order valence-corrected chi connectivity index (χ0v) is 8.35. The molecule has 0 aliphatic carbocycles. The molecule has 2 N–H and O–H groups in total. The van der Waals surface area contributed by atoms with Crippen LogP contribution in [-0.2, 0) is 4.79 Å². The zero-order chi connectivity index (χ0) is 11.5. The molecule has 2 rings (SSSR count). The number of pyridine rings is 1. The first-order valence-corrected chi connectivity index (χ1v) is 4.68. The third-order valence-corrected chi connectivity index (χ3v) is 2.15. The summed E-state index contributed by atoms with van der Waals surface area (Å²) in [5.74, 6) is -1.03. The molecular weight excluding hydrogens is 207 g/mol. The number of carbonyl (C=O) groups is 1. The number of amides is 1. The normalized spacial score (nSPS) is 11.1. The number of carbonyl (C=O) groups excluding carboxylic acids is 1. The van der Waals surface area contributed by atoms with Crippen LogP contribution in [0.15, 0.2) is 36.5 Å². The monoisotopic (exact) mass is 216 g/mol. The molecule has 2 aromatic rings. The van der Waals surface area contributed by atoms with Gasteiger partial charge in [-0.25, -0.2) is 4.39 Å². The average molecular weight is 216 g/mol. The first kappa shape index (κ1) is 10.3. The van der Waals surface area contributed by atoms with Gasteiger partial charge in [-0.15, -0.1) is 0 Å². The Morgan fingerprint density at radius 1 is 1.44 bits per heavy atom. The predicted molar refractivity (Wildman–Crippen MR) is 59.9 cm³/mol. The van der Waals surface area contributed by atoms with Crippen molar-refractivity contribution in [3.63, 3.8) is 0 Å². The van der Waals surface area contributed by atoms with E-state index >= 15 is 0 Å². The molecule has 0 spiro atoms. The molecular formula is C12H9FN2O. The molecule has 0 saturated heterocycles. The van der Waals surface area contributed by atoms with Crippen LogP contribution < -0.4 is 5.73 Å². The van der Waals surface area contributed by atoms with Gasteiger partial charge in [0.15, 0.2) is 0 Å². The van der Waals surface area contributed by atoms with Crippen molar-refractivity contribution >= 4 is 22.9 Å². The van der Waals surface area contributed by atoms with E-state index < -0.39 is 11.7 Å². The van der Waals surface area contributed by atoms with E-state index in [9.17, 15) is 9.18 Å². The number of hydrogen-bond donors (Lipinski definition) is 1. The fraction of sp³-hybridized carbons (Fsp3) is 0. The van der Waals surface area contributed by atoms with Crippen molar-refractivity contribution in [2.45, 2.75) is 0 Å². The van der Waals surface area contributed by atoms with Crippen LogP contribution in [-0.4, -0.2) is 10.9 Å². The minimum absolute atomic E-state index is 0.319. The maximum absolute atomic E-state index is 13.5. The lowest BCUT2D eigenvalue weighted by molar-refractivity contribution is -0.113. The molecule has 0 atom stereocenters. The molecule has 1 aromatic carbocycles. The number of benzene rings is 1. The maximum atomic E-state index is 13.5. The van der Waals surface area contributed by atoms with Crippen molar-refractivity contribution < 1.29 is 9.18 Å². The summed E-state index contributed by atoms with van der Waals surface area (Å²) >= 11 is 0. The molecule has 80 valence electrons. The standard InChI is InChI=1S/C12H9FN2O/c13-10-7-11-9(2-1-5-15-11)6-8(10)3-4-12(14)16/h1-7H,(H2,14,16). The van der Waals surface area contributed by atoms with Crippen LogP contribution in [0.2, 0.25) is 0 Å². The van der Waals surface area contributed by atoms with Crippen molar-refractivity contribution in [3.8, 4) is 0 Å². The van der Waals surface area contributed by atoms with Crippen LogP contribution >= 0.6 is 0 Å². The number of primary amides is 1. The Kier molecular flexibility index (Phi) is 2.64. The summed E-state index contributed by atoms with van der Waals surface area (Å²) in [4.78, 5) is 14.6. The molecule has 1 aromatic heterocycles. The Labute approximate surface area is 91.4 Å². The second-order valence-corrected chi connectivity index (χ2v) is 3.31. The second-order valence-electron chi connectivity index (χ2n) is 3.31. The SMILES string of the molecule is NC(=O)C=Cc1cc2cccnc2cc1F. The van der Waals surface area contributed by atoms with Crippen LogP contribution in [0.1, 0.15) is 5.56 Å². The Hall–Kier alpha value is -2.23. The van der Waals surface area contributed by atoms with E-state index in [-0.39, 0.29) is 0 Å². The molecule has 0 saturated carbocycles. The third-order valence-electron chi connectivity index (χ3n) is 2.15. The molecule has 1 heterocycles. The van der Waals surface area contributed by atoms with Crippen molar-refractivity contribution in [1.29, 1.82) is 0 Å². The van der Waals surface area contributed by atoms with Crippen molar-refractivity contribution in [3.05, 3.63) is 47.9 Å². The number of rotatable bonds is 2. The van der Waals surface area contributed by atoms with Crippen LogP contribution in [0.5, 0.6) is 0 Å². The molecule has 4 heteroatoms. The van der Waals surface area contributed by atoms with Crippen LogP contribution in [0, 0.1) is 5.82 Å². The van der Waals surface area contributed by atoms with Gasteiger partial charge in [0.1, 0.15) is 5.82 Å². The summed E-state index contributed by atoms with van der Waals surface area (Å²) in [7, 11) is 0. The highest BCUT2D eigenvalue weighted by Crippen LogP contribution is 2.18. The molecule has 0 radical (unpaired) electrons. The first-order chi connectivity index (χ1) is 7.66. The molecule has 3 nitrogen and oxygen atoms in total. The van der Waals surface area contributed by atoms with E-state index in [1.807, 2.05) is 6.07 Å². The van der Waals surface area contributed by atoms with Crippen LogP contribution in [0.3, 0.4) is 0 Å². The second kappa shape index (κ2) is 4.10. The highest BCUT2D eigenvalue weighted by atomic mass is 19.1. The molecule has 0 aliphatic rings. The number of hydrogen-bond acceptors (Lipinski definition) is 2. The molecule has 0 fully saturated rings. The largest absolute Gasteiger partial charge is 0.366 e. The lowest BCUT2D eigenvalue weighted by Gasteiger charge is -2.00. The minimum atomic E-state index is -0.606. The van der Waals surface area contributed by atoms with E-state index in [4.69, 9.17) is 5.73 Å². The van der Waals surface area contributed by atoms with E-state index in [0.29, 0.717) is 11.1 Å². The summed E-state index contributed by atoms with van der Waals surface area (Å²) < 4.78 is 13.5. The predicted octanol–water partition coefficient (Wildman–Crippen LogP) is 1.87. The zero-order valence-electron chi connectivity index (χ0n) is 8.35. The molecule has 1 amide bonds. The third kappa shape index (κ3) is 2.06. The number of fused-ring (bicyclic) bond motifs is 1. The van der Waals surface area contributed by atoms with Crippen LogP contribution in [0.25, 0.3) is 17.0 Å². The van der Waals surface area contributed by atoms with E-state index in [1.54, 1.807) is 18.3 Å². The topological polar surface area (TPSA) is 56.0 Å². The van der Waals surface area contributed by atoms with Crippen molar-refractivity contribution in [2.75, 3.05) is 0 Å². The highest BCUT2D eigenvalue weighted by Gasteiger charge is 2.02. The van der Waals surface area contributed by atoms with Gasteiger partial charge in [-0.05, 0) is 18.2 Å². The van der Waals surface area contributed by atoms with Crippen molar-refractivity contribution in [2.24, 2.45) is 5.73 Å². The van der Waals surface area contributed by atoms with E-state index in [0.717, 1.165) is 11.5 Å². The maximum Gasteiger partial charge on any atom is 0.241 e. The van der Waals surface area contributed by atoms with Gasteiger partial charge in [-0.1, -0.05) is 6.07 Å². The van der Waals surface area contributed by atoms with Gasteiger partial charge in [-0.3, -0.25) is 9.78 Å². The van der Waals surface area contributed by atoms with E-state index in [1.165, 1.54) is 12.1 Å². The Morgan fingerprint density at radius 2 is 2.25 bits per heavy atom. The average Bonchev–Trinajstić information content (AvgIpc) is 2.26. The molecule has 0 bridgehead atoms. The Balaban J connectivity index is 2.54. The minimum Gasteiger partial charge on any atom is -0.366 e. The first-order valence-electron chi connectivity index (χ1n) is 4.68. The van der Waals surface area contributed by atoms with Gasteiger partial charge < -0.3 is 5.73 Å². The van der Waals surface area contributed by atoms with Crippen LogP contribution in [0.4, 0.5) is 4.39 Å². The summed E-state index contributed by atoms with van der Waals surface area (Å²) in [6.45, 7) is 0. The Morgan fingerprint density at radius 3 is 3.00 bits per heavy atom. The Bertz CT molecular complexity index is 578. The van der Waals surface area contributed by atoms with Gasteiger partial charge in [0, 0.05) is 29.3 Å². The number of nitrogens with zero attached hydrogens (tertiary/aromatic N) is 1. The fourth-order valence-corrected chi connectivity index (χ4v) is 1.41. The van der Waals surface area contributed by atoms with Gasteiger partial charge in [0.25, 0.3) is 0 Å². The summed E-state index contributed by atoms with van der Waals surface area (Å²) in [6.07, 6.45) is 4.07. The number of halogens is 1. The van der Waals surface area contributed by atoms with Gasteiger partial charge >= 0.3 is 0 Å². The number of aromatic nitrogens is 1. The van der Waals surface area contributed by atoms with E-state index in [2.05, 4.69) is 4.98 Å². The highest BCUT2D eigenvalue weighted by molar-refractivity contribution is 5.91. The summed E-state index contributed by atoms with van der Waals surface area (Å²) in [5, 5.41) is 0.813. The van der Waals surface area contributed by atoms with Gasteiger partial charge in [0.2, 0.25) is 5.91 Å².